The minimum Gasteiger partial charge on any atom is -0.493 e. The number of para-hydroxylation sites is 2. The zero-order valence-electron chi connectivity index (χ0n) is 15.0. The van der Waals surface area contributed by atoms with E-state index in [0.717, 1.165) is 29.7 Å². The molecule has 0 bridgehead atoms. The largest absolute Gasteiger partial charge is 0.493 e. The van der Waals surface area contributed by atoms with Crippen LogP contribution >= 0.6 is 0 Å². The van der Waals surface area contributed by atoms with E-state index in [1.807, 2.05) is 36.4 Å². The van der Waals surface area contributed by atoms with Crippen molar-refractivity contribution in [2.45, 2.75) is 19.8 Å². The van der Waals surface area contributed by atoms with Gasteiger partial charge in [-0.15, -0.1) is 0 Å². The number of H-pyrrole nitrogens is 1. The third kappa shape index (κ3) is 4.14. The van der Waals surface area contributed by atoms with Crippen molar-refractivity contribution in [1.82, 2.24) is 15.3 Å². The number of hydrogen-bond acceptors (Lipinski definition) is 4. The first-order chi connectivity index (χ1) is 12.7. The highest BCUT2D eigenvalue weighted by molar-refractivity contribution is 5.97. The maximum atomic E-state index is 12.3. The maximum Gasteiger partial charge on any atom is 0.251 e. The average Bonchev–Trinajstić information content (AvgIpc) is 3.07. The minimum atomic E-state index is -0.137. The average molecular weight is 353 g/mol. The van der Waals surface area contributed by atoms with Crippen molar-refractivity contribution >= 4 is 16.9 Å². The van der Waals surface area contributed by atoms with Crippen LogP contribution < -0.4 is 14.8 Å². The number of fused-ring (bicyclic) bond motifs is 1. The van der Waals surface area contributed by atoms with Crippen molar-refractivity contribution in [3.05, 3.63) is 53.9 Å². The van der Waals surface area contributed by atoms with Crippen LogP contribution in [0.2, 0.25) is 0 Å². The molecule has 0 radical (unpaired) electrons. The normalized spacial score (nSPS) is 10.7. The first-order valence-electron chi connectivity index (χ1n) is 8.74. The van der Waals surface area contributed by atoms with Crippen LogP contribution in [0.4, 0.5) is 0 Å². The fourth-order valence-corrected chi connectivity index (χ4v) is 2.72. The van der Waals surface area contributed by atoms with Crippen molar-refractivity contribution < 1.29 is 14.3 Å². The molecule has 0 saturated carbocycles. The minimum absolute atomic E-state index is 0.137. The van der Waals surface area contributed by atoms with Crippen LogP contribution in [-0.4, -0.2) is 36.1 Å². The molecule has 0 aliphatic heterocycles. The van der Waals surface area contributed by atoms with E-state index in [1.54, 1.807) is 13.2 Å². The number of benzene rings is 2. The summed E-state index contributed by atoms with van der Waals surface area (Å²) in [4.78, 5) is 20.1. The van der Waals surface area contributed by atoms with E-state index >= 15 is 0 Å². The Morgan fingerprint density at radius 1 is 1.19 bits per heavy atom. The molecule has 0 spiro atoms. The number of hydrogen-bond donors (Lipinski definition) is 2. The van der Waals surface area contributed by atoms with Crippen molar-refractivity contribution in [2.24, 2.45) is 0 Å². The summed E-state index contributed by atoms with van der Waals surface area (Å²) in [5, 5.41) is 2.86. The van der Waals surface area contributed by atoms with Gasteiger partial charge in [-0.1, -0.05) is 19.1 Å². The molecule has 2 N–H and O–H groups in total. The molecule has 0 aliphatic carbocycles. The second-order valence-electron chi connectivity index (χ2n) is 5.92. The lowest BCUT2D eigenvalue weighted by Crippen LogP contribution is -2.28. The number of aromatic nitrogens is 2. The predicted octanol–water partition coefficient (Wildman–Crippen LogP) is 3.33. The number of aromatic amines is 1. The van der Waals surface area contributed by atoms with E-state index in [9.17, 15) is 4.79 Å². The van der Waals surface area contributed by atoms with Gasteiger partial charge in [0.25, 0.3) is 5.91 Å². The summed E-state index contributed by atoms with van der Waals surface area (Å²) < 4.78 is 10.9. The van der Waals surface area contributed by atoms with Gasteiger partial charge in [-0.25, -0.2) is 4.98 Å². The third-order valence-electron chi connectivity index (χ3n) is 3.99. The number of carbonyl (C=O) groups excluding carboxylic acids is 1. The number of imidazole rings is 1. The molecule has 2 aromatic carbocycles. The topological polar surface area (TPSA) is 76.2 Å². The molecule has 3 rings (SSSR count). The Bertz CT molecular complexity index is 889. The molecule has 0 saturated heterocycles. The standard InChI is InChI=1S/C20H23N3O3/c1-3-6-19-22-15-10-9-14(13-16(15)23-19)20(24)21-11-12-26-18-8-5-4-7-17(18)25-2/h4-5,7-10,13H,3,6,11-12H2,1-2H3,(H,21,24)(H,22,23). The third-order valence-corrected chi connectivity index (χ3v) is 3.99. The molecular formula is C20H23N3O3. The summed E-state index contributed by atoms with van der Waals surface area (Å²) >= 11 is 0. The first-order valence-corrected chi connectivity index (χ1v) is 8.74. The summed E-state index contributed by atoms with van der Waals surface area (Å²) in [7, 11) is 1.60. The molecule has 0 unspecified atom stereocenters. The Hall–Kier alpha value is -3.02. The van der Waals surface area contributed by atoms with Crippen LogP contribution in [-0.2, 0) is 6.42 Å². The molecule has 6 nitrogen and oxygen atoms in total. The quantitative estimate of drug-likeness (QED) is 0.609. The molecule has 1 aromatic heterocycles. The lowest BCUT2D eigenvalue weighted by atomic mass is 10.2. The van der Waals surface area contributed by atoms with Gasteiger partial charge in [0.2, 0.25) is 0 Å². The molecular weight excluding hydrogens is 330 g/mol. The highest BCUT2D eigenvalue weighted by Crippen LogP contribution is 2.25. The van der Waals surface area contributed by atoms with Gasteiger partial charge in [0.15, 0.2) is 11.5 Å². The van der Waals surface area contributed by atoms with E-state index in [4.69, 9.17) is 9.47 Å². The van der Waals surface area contributed by atoms with Crippen molar-refractivity contribution in [3.63, 3.8) is 0 Å². The maximum absolute atomic E-state index is 12.3. The van der Waals surface area contributed by atoms with Gasteiger partial charge < -0.3 is 19.8 Å². The Morgan fingerprint density at radius 3 is 2.77 bits per heavy atom. The molecule has 1 heterocycles. The number of nitrogens with zero attached hydrogens (tertiary/aromatic N) is 1. The van der Waals surface area contributed by atoms with E-state index in [1.165, 1.54) is 0 Å². The lowest BCUT2D eigenvalue weighted by Gasteiger charge is -2.10. The molecule has 3 aromatic rings. The van der Waals surface area contributed by atoms with Crippen LogP contribution in [0.1, 0.15) is 29.5 Å². The molecule has 136 valence electrons. The van der Waals surface area contributed by atoms with Crippen molar-refractivity contribution in [3.8, 4) is 11.5 Å². The predicted molar refractivity (Wildman–Crippen MR) is 101 cm³/mol. The fourth-order valence-electron chi connectivity index (χ4n) is 2.72. The van der Waals surface area contributed by atoms with Gasteiger partial charge >= 0.3 is 0 Å². The molecule has 0 fully saturated rings. The van der Waals surface area contributed by atoms with Gasteiger partial charge in [0, 0.05) is 12.0 Å². The zero-order valence-corrected chi connectivity index (χ0v) is 15.0. The van der Waals surface area contributed by atoms with Crippen LogP contribution in [0.5, 0.6) is 11.5 Å². The highest BCUT2D eigenvalue weighted by atomic mass is 16.5. The first kappa shape index (κ1) is 17.8. The number of rotatable bonds is 8. The molecule has 26 heavy (non-hydrogen) atoms. The molecule has 0 atom stereocenters. The van der Waals surface area contributed by atoms with E-state index in [2.05, 4.69) is 22.2 Å². The summed E-state index contributed by atoms with van der Waals surface area (Å²) in [6, 6.07) is 12.9. The number of methoxy groups -OCH3 is 1. The number of nitrogens with one attached hydrogen (secondary N) is 2. The summed E-state index contributed by atoms with van der Waals surface area (Å²) in [6.45, 7) is 2.87. The molecule has 0 aliphatic rings. The Balaban J connectivity index is 1.55. The van der Waals surface area contributed by atoms with Crippen LogP contribution in [0.3, 0.4) is 0 Å². The smallest absolute Gasteiger partial charge is 0.251 e. The van der Waals surface area contributed by atoms with Crippen molar-refractivity contribution in [2.75, 3.05) is 20.3 Å². The number of ether oxygens (including phenoxy) is 2. The van der Waals surface area contributed by atoms with Crippen LogP contribution in [0.25, 0.3) is 11.0 Å². The van der Waals surface area contributed by atoms with E-state index < -0.39 is 0 Å². The van der Waals surface area contributed by atoms with Crippen LogP contribution in [0.15, 0.2) is 42.5 Å². The Labute approximate surface area is 152 Å². The fraction of sp³-hybridized carbons (Fsp3) is 0.300. The summed E-state index contributed by atoms with van der Waals surface area (Å²) in [5.41, 5.74) is 2.36. The molecule has 1 amide bonds. The second kappa shape index (κ2) is 8.38. The van der Waals surface area contributed by atoms with Crippen molar-refractivity contribution in [1.29, 1.82) is 0 Å². The second-order valence-corrected chi connectivity index (χ2v) is 5.92. The van der Waals surface area contributed by atoms with Gasteiger partial charge in [-0.05, 0) is 36.8 Å². The van der Waals surface area contributed by atoms with E-state index in [-0.39, 0.29) is 5.91 Å². The summed E-state index contributed by atoms with van der Waals surface area (Å²) in [6.07, 6.45) is 1.93. The molecule has 6 heteroatoms. The number of aryl methyl sites for hydroxylation is 1. The highest BCUT2D eigenvalue weighted by Gasteiger charge is 2.09. The number of carbonyl (C=O) groups is 1. The van der Waals surface area contributed by atoms with E-state index in [0.29, 0.717) is 30.2 Å². The zero-order chi connectivity index (χ0) is 18.4. The lowest BCUT2D eigenvalue weighted by molar-refractivity contribution is 0.0947. The van der Waals surface area contributed by atoms with Crippen LogP contribution in [0, 0.1) is 0 Å². The summed E-state index contributed by atoms with van der Waals surface area (Å²) in [5.74, 6) is 2.14. The van der Waals surface area contributed by atoms with Gasteiger partial charge in [0.05, 0.1) is 24.7 Å². The monoisotopic (exact) mass is 353 g/mol. The SMILES string of the molecule is CCCc1nc2ccc(C(=O)NCCOc3ccccc3OC)cc2[nH]1. The van der Waals surface area contributed by atoms with Gasteiger partial charge in [-0.3, -0.25) is 4.79 Å². The Kier molecular flexibility index (Phi) is 5.73. The van der Waals surface area contributed by atoms with Gasteiger partial charge in [0.1, 0.15) is 12.4 Å². The number of amides is 1. The van der Waals surface area contributed by atoms with Gasteiger partial charge in [-0.2, -0.15) is 0 Å². The Morgan fingerprint density at radius 2 is 2.00 bits per heavy atom.